The fraction of sp³-hybridized carbons (Fsp3) is 0.235. The van der Waals surface area contributed by atoms with Crippen molar-refractivity contribution in [1.29, 1.82) is 0 Å². The highest BCUT2D eigenvalue weighted by Gasteiger charge is 2.09. The minimum absolute atomic E-state index is 0.000140. The molecule has 0 aliphatic heterocycles. The van der Waals surface area contributed by atoms with Crippen LogP contribution in [0.3, 0.4) is 0 Å². The van der Waals surface area contributed by atoms with Crippen molar-refractivity contribution in [2.24, 2.45) is 0 Å². The van der Waals surface area contributed by atoms with E-state index >= 15 is 0 Å². The van der Waals surface area contributed by atoms with Crippen LogP contribution >= 0.6 is 11.6 Å². The molecule has 0 bridgehead atoms. The Labute approximate surface area is 135 Å². The summed E-state index contributed by atoms with van der Waals surface area (Å²) in [6.07, 6.45) is 0. The van der Waals surface area contributed by atoms with Gasteiger partial charge in [-0.05, 0) is 42.3 Å². The molecule has 2 rings (SSSR count). The summed E-state index contributed by atoms with van der Waals surface area (Å²) in [6.45, 7) is 3.46. The largest absolute Gasteiger partial charge is 0.392 e. The molecule has 0 radical (unpaired) electrons. The first kappa shape index (κ1) is 16.3. The SMILES string of the molecule is CC(=O)Nc1cccc(C(C)Nc2cc(CO)ccc2Cl)c1. The molecule has 1 unspecified atom stereocenters. The van der Waals surface area contributed by atoms with Crippen LogP contribution in [0.4, 0.5) is 11.4 Å². The Bertz CT molecular complexity index is 673. The monoisotopic (exact) mass is 318 g/mol. The fourth-order valence-electron chi connectivity index (χ4n) is 2.19. The topological polar surface area (TPSA) is 61.4 Å². The van der Waals surface area contributed by atoms with E-state index in [4.69, 9.17) is 11.6 Å². The van der Waals surface area contributed by atoms with Crippen LogP contribution in [-0.2, 0) is 11.4 Å². The number of nitrogens with one attached hydrogen (secondary N) is 2. The van der Waals surface area contributed by atoms with E-state index in [1.807, 2.05) is 37.3 Å². The molecular formula is C17H19ClN2O2. The summed E-state index contributed by atoms with van der Waals surface area (Å²) in [5, 5.41) is 15.9. The molecule has 0 aliphatic carbocycles. The van der Waals surface area contributed by atoms with Crippen molar-refractivity contribution < 1.29 is 9.90 Å². The number of amides is 1. The molecule has 5 heteroatoms. The molecule has 0 aliphatic rings. The van der Waals surface area contributed by atoms with Gasteiger partial charge in [-0.25, -0.2) is 0 Å². The summed E-state index contributed by atoms with van der Waals surface area (Å²) in [6, 6.07) is 13.0. The van der Waals surface area contributed by atoms with Crippen molar-refractivity contribution in [2.75, 3.05) is 10.6 Å². The van der Waals surface area contributed by atoms with E-state index < -0.39 is 0 Å². The average Bonchev–Trinajstić information content (AvgIpc) is 2.49. The van der Waals surface area contributed by atoms with Crippen LogP contribution in [0.2, 0.25) is 5.02 Å². The second-order valence-electron chi connectivity index (χ2n) is 5.14. The molecule has 0 heterocycles. The molecule has 22 heavy (non-hydrogen) atoms. The van der Waals surface area contributed by atoms with Gasteiger partial charge in [0.05, 0.1) is 17.3 Å². The number of aliphatic hydroxyl groups excluding tert-OH is 1. The van der Waals surface area contributed by atoms with E-state index in [0.29, 0.717) is 5.02 Å². The summed E-state index contributed by atoms with van der Waals surface area (Å²) < 4.78 is 0. The van der Waals surface area contributed by atoms with Gasteiger partial charge in [-0.3, -0.25) is 4.79 Å². The second kappa shape index (κ2) is 7.29. The van der Waals surface area contributed by atoms with Crippen molar-refractivity contribution in [1.82, 2.24) is 0 Å². The normalized spacial score (nSPS) is 11.8. The maximum absolute atomic E-state index is 11.1. The van der Waals surface area contributed by atoms with Gasteiger partial charge in [-0.2, -0.15) is 0 Å². The van der Waals surface area contributed by atoms with Gasteiger partial charge < -0.3 is 15.7 Å². The minimum atomic E-state index is -0.101. The van der Waals surface area contributed by atoms with Gasteiger partial charge in [0.1, 0.15) is 0 Å². The lowest BCUT2D eigenvalue weighted by molar-refractivity contribution is -0.114. The number of anilines is 2. The highest BCUT2D eigenvalue weighted by Crippen LogP contribution is 2.28. The molecule has 0 fully saturated rings. The molecule has 2 aromatic rings. The number of rotatable bonds is 5. The van der Waals surface area contributed by atoms with Crippen molar-refractivity contribution in [2.45, 2.75) is 26.5 Å². The van der Waals surface area contributed by atoms with Crippen LogP contribution < -0.4 is 10.6 Å². The number of carbonyl (C=O) groups is 1. The second-order valence-corrected chi connectivity index (χ2v) is 5.55. The van der Waals surface area contributed by atoms with Gasteiger partial charge in [0, 0.05) is 18.7 Å². The molecule has 0 aromatic heterocycles. The lowest BCUT2D eigenvalue weighted by Crippen LogP contribution is -2.09. The first-order chi connectivity index (χ1) is 10.5. The summed E-state index contributed by atoms with van der Waals surface area (Å²) in [7, 11) is 0. The smallest absolute Gasteiger partial charge is 0.221 e. The molecule has 4 nitrogen and oxygen atoms in total. The minimum Gasteiger partial charge on any atom is -0.392 e. The Morgan fingerprint density at radius 1 is 1.27 bits per heavy atom. The maximum atomic E-state index is 11.1. The van der Waals surface area contributed by atoms with E-state index in [0.717, 1.165) is 22.5 Å². The van der Waals surface area contributed by atoms with E-state index in [2.05, 4.69) is 10.6 Å². The van der Waals surface area contributed by atoms with E-state index in [9.17, 15) is 9.90 Å². The zero-order valence-electron chi connectivity index (χ0n) is 12.6. The maximum Gasteiger partial charge on any atom is 0.221 e. The van der Waals surface area contributed by atoms with Crippen LogP contribution in [0.1, 0.15) is 31.0 Å². The van der Waals surface area contributed by atoms with E-state index in [1.165, 1.54) is 6.92 Å². The van der Waals surface area contributed by atoms with Crippen molar-refractivity contribution in [3.63, 3.8) is 0 Å². The number of benzene rings is 2. The van der Waals surface area contributed by atoms with E-state index in [1.54, 1.807) is 12.1 Å². The summed E-state index contributed by atoms with van der Waals surface area (Å²) in [5.41, 5.74) is 3.35. The predicted octanol–water partition coefficient (Wildman–Crippen LogP) is 3.96. The van der Waals surface area contributed by atoms with Crippen LogP contribution in [0.5, 0.6) is 0 Å². The highest BCUT2D eigenvalue weighted by atomic mass is 35.5. The standard InChI is InChI=1S/C17H19ClN2O2/c1-11(14-4-3-5-15(9-14)20-12(2)22)19-17-8-13(10-21)6-7-16(17)18/h3-9,11,19,21H,10H2,1-2H3,(H,20,22). The number of halogens is 1. The number of carbonyl (C=O) groups excluding carboxylic acids is 1. The lowest BCUT2D eigenvalue weighted by Gasteiger charge is -2.18. The van der Waals surface area contributed by atoms with Crippen LogP contribution in [0, 0.1) is 0 Å². The summed E-state index contributed by atoms with van der Waals surface area (Å²) >= 11 is 6.18. The van der Waals surface area contributed by atoms with Gasteiger partial charge in [-0.1, -0.05) is 29.8 Å². The van der Waals surface area contributed by atoms with Gasteiger partial charge in [0.15, 0.2) is 0 Å². The first-order valence-corrected chi connectivity index (χ1v) is 7.40. The summed E-state index contributed by atoms with van der Waals surface area (Å²) in [4.78, 5) is 11.1. The number of hydrogen-bond acceptors (Lipinski definition) is 3. The predicted molar refractivity (Wildman–Crippen MR) is 90.2 cm³/mol. The Balaban J connectivity index is 2.18. The molecular weight excluding hydrogens is 300 g/mol. The zero-order chi connectivity index (χ0) is 16.1. The zero-order valence-corrected chi connectivity index (χ0v) is 13.3. The Morgan fingerprint density at radius 3 is 2.73 bits per heavy atom. The van der Waals surface area contributed by atoms with Crippen molar-refractivity contribution in [3.05, 3.63) is 58.6 Å². The third-order valence-corrected chi connectivity index (χ3v) is 3.62. The molecule has 116 valence electrons. The average molecular weight is 319 g/mol. The van der Waals surface area contributed by atoms with Crippen LogP contribution in [0.15, 0.2) is 42.5 Å². The van der Waals surface area contributed by atoms with Gasteiger partial charge >= 0.3 is 0 Å². The Hall–Kier alpha value is -2.04. The molecule has 0 saturated heterocycles. The van der Waals surface area contributed by atoms with Gasteiger partial charge in [0.2, 0.25) is 5.91 Å². The molecule has 2 aromatic carbocycles. The quantitative estimate of drug-likeness (QED) is 0.782. The fourth-order valence-corrected chi connectivity index (χ4v) is 2.36. The molecule has 0 spiro atoms. The van der Waals surface area contributed by atoms with Crippen molar-refractivity contribution >= 4 is 28.9 Å². The Kier molecular flexibility index (Phi) is 5.41. The molecule has 1 amide bonds. The Morgan fingerprint density at radius 2 is 2.05 bits per heavy atom. The molecule has 3 N–H and O–H groups in total. The number of aliphatic hydroxyl groups is 1. The first-order valence-electron chi connectivity index (χ1n) is 7.03. The third kappa shape index (κ3) is 4.23. The third-order valence-electron chi connectivity index (χ3n) is 3.29. The van der Waals surface area contributed by atoms with Gasteiger partial charge in [0.25, 0.3) is 0 Å². The van der Waals surface area contributed by atoms with Crippen molar-refractivity contribution in [3.8, 4) is 0 Å². The van der Waals surface area contributed by atoms with E-state index in [-0.39, 0.29) is 18.6 Å². The molecule has 1 atom stereocenters. The lowest BCUT2D eigenvalue weighted by atomic mass is 10.1. The summed E-state index contributed by atoms with van der Waals surface area (Å²) in [5.74, 6) is -0.101. The van der Waals surface area contributed by atoms with Crippen LogP contribution in [-0.4, -0.2) is 11.0 Å². The molecule has 0 saturated carbocycles. The van der Waals surface area contributed by atoms with Gasteiger partial charge in [-0.15, -0.1) is 0 Å². The highest BCUT2D eigenvalue weighted by molar-refractivity contribution is 6.33. The van der Waals surface area contributed by atoms with Crippen LogP contribution in [0.25, 0.3) is 0 Å². The number of hydrogen-bond donors (Lipinski definition) is 3.